The Bertz CT molecular complexity index is 1100. The molecule has 0 atom stereocenters. The van der Waals surface area contributed by atoms with Crippen LogP contribution in [0.3, 0.4) is 0 Å². The third-order valence-electron chi connectivity index (χ3n) is 5.50. The van der Waals surface area contributed by atoms with E-state index in [1.807, 2.05) is 38.1 Å². The average Bonchev–Trinajstić information content (AvgIpc) is 3.14. The third kappa shape index (κ3) is 4.08. The fraction of sp³-hybridized carbons (Fsp3) is 0.348. The smallest absolute Gasteiger partial charge is 0.234 e. The Balaban J connectivity index is 1.80. The molecule has 152 valence electrons. The highest BCUT2D eigenvalue weighted by molar-refractivity contribution is 7.91. The van der Waals surface area contributed by atoms with E-state index in [2.05, 4.69) is 10.3 Å². The molecule has 0 aliphatic heterocycles. The van der Waals surface area contributed by atoms with Crippen molar-refractivity contribution in [2.45, 2.75) is 61.9 Å². The van der Waals surface area contributed by atoms with Crippen LogP contribution in [0, 0.1) is 13.8 Å². The second-order valence-corrected chi connectivity index (χ2v) is 9.63. The van der Waals surface area contributed by atoms with Gasteiger partial charge in [0.2, 0.25) is 26.6 Å². The summed E-state index contributed by atoms with van der Waals surface area (Å²) in [7, 11) is -3.80. The van der Waals surface area contributed by atoms with Crippen LogP contribution in [0.2, 0.25) is 0 Å². The zero-order chi connectivity index (χ0) is 20.4. The van der Waals surface area contributed by atoms with Gasteiger partial charge in [0.1, 0.15) is 0 Å². The maximum atomic E-state index is 13.4. The number of sulfone groups is 1. The molecule has 1 fully saturated rings. The van der Waals surface area contributed by atoms with E-state index < -0.39 is 9.84 Å². The summed E-state index contributed by atoms with van der Waals surface area (Å²) in [6.45, 7) is 3.89. The summed E-state index contributed by atoms with van der Waals surface area (Å²) in [6, 6.07) is 14.7. The lowest BCUT2D eigenvalue weighted by Crippen LogP contribution is -2.23. The zero-order valence-electron chi connectivity index (χ0n) is 16.8. The van der Waals surface area contributed by atoms with Crippen molar-refractivity contribution in [2.75, 3.05) is 5.32 Å². The quantitative estimate of drug-likeness (QED) is 0.598. The van der Waals surface area contributed by atoms with E-state index in [-0.39, 0.29) is 21.8 Å². The first-order chi connectivity index (χ1) is 13.9. The normalized spacial score (nSPS) is 15.4. The molecule has 1 saturated carbocycles. The van der Waals surface area contributed by atoms with Crippen molar-refractivity contribution in [2.24, 2.45) is 0 Å². The average molecular weight is 411 g/mol. The molecule has 0 unspecified atom stereocenters. The van der Waals surface area contributed by atoms with E-state index in [9.17, 15) is 8.42 Å². The van der Waals surface area contributed by atoms with Gasteiger partial charge in [-0.15, -0.1) is 0 Å². The molecule has 6 heteroatoms. The molecule has 1 aromatic heterocycles. The Kier molecular flexibility index (Phi) is 5.46. The standard InChI is InChI=1S/C23H26N2O3S/c1-16-12-14-19(15-13-16)29(26,27)23-22(24-18-9-4-3-5-10-18)28-21(25-23)20-11-7-6-8-17(20)2/h6-8,11-15,18,24H,3-5,9-10H2,1-2H3. The van der Waals surface area contributed by atoms with Crippen LogP contribution < -0.4 is 5.32 Å². The minimum absolute atomic E-state index is 0.0369. The summed E-state index contributed by atoms with van der Waals surface area (Å²) < 4.78 is 32.8. The maximum Gasteiger partial charge on any atom is 0.234 e. The summed E-state index contributed by atoms with van der Waals surface area (Å²) in [5.74, 6) is 0.572. The molecule has 1 aliphatic rings. The summed E-state index contributed by atoms with van der Waals surface area (Å²) in [4.78, 5) is 4.68. The molecule has 3 aromatic rings. The lowest BCUT2D eigenvalue weighted by Gasteiger charge is -2.22. The van der Waals surface area contributed by atoms with Crippen LogP contribution in [-0.2, 0) is 9.84 Å². The van der Waals surface area contributed by atoms with Crippen molar-refractivity contribution in [3.8, 4) is 11.5 Å². The van der Waals surface area contributed by atoms with Gasteiger partial charge in [0.25, 0.3) is 0 Å². The molecule has 0 amide bonds. The predicted molar refractivity (Wildman–Crippen MR) is 114 cm³/mol. The number of oxazole rings is 1. The molecule has 0 radical (unpaired) electrons. The van der Waals surface area contributed by atoms with Gasteiger partial charge in [-0.1, -0.05) is 55.2 Å². The van der Waals surface area contributed by atoms with Gasteiger partial charge in [-0.25, -0.2) is 8.42 Å². The fourth-order valence-corrected chi connectivity index (χ4v) is 5.03. The van der Waals surface area contributed by atoms with Crippen molar-refractivity contribution in [1.82, 2.24) is 4.98 Å². The van der Waals surface area contributed by atoms with Crippen LogP contribution in [0.5, 0.6) is 0 Å². The molecule has 1 heterocycles. The van der Waals surface area contributed by atoms with Crippen molar-refractivity contribution < 1.29 is 12.8 Å². The van der Waals surface area contributed by atoms with Crippen LogP contribution in [0.15, 0.2) is 62.9 Å². The van der Waals surface area contributed by atoms with Crippen molar-refractivity contribution in [3.63, 3.8) is 0 Å². The maximum absolute atomic E-state index is 13.4. The molecule has 1 N–H and O–H groups in total. The van der Waals surface area contributed by atoms with Gasteiger partial charge in [0.15, 0.2) is 0 Å². The predicted octanol–water partition coefficient (Wildman–Crippen LogP) is 5.54. The number of anilines is 1. The van der Waals surface area contributed by atoms with E-state index in [1.54, 1.807) is 24.3 Å². The van der Waals surface area contributed by atoms with Gasteiger partial charge < -0.3 is 9.73 Å². The Morgan fingerprint density at radius 3 is 2.34 bits per heavy atom. The van der Waals surface area contributed by atoms with Crippen LogP contribution in [0.4, 0.5) is 5.88 Å². The Morgan fingerprint density at radius 2 is 1.66 bits per heavy atom. The summed E-state index contributed by atoms with van der Waals surface area (Å²) >= 11 is 0. The van der Waals surface area contributed by atoms with Crippen LogP contribution in [-0.4, -0.2) is 19.4 Å². The SMILES string of the molecule is Cc1ccc(S(=O)(=O)c2nc(-c3ccccc3C)oc2NC2CCCCC2)cc1. The highest BCUT2D eigenvalue weighted by atomic mass is 32.2. The van der Waals surface area contributed by atoms with E-state index in [0.717, 1.165) is 42.4 Å². The first-order valence-electron chi connectivity index (χ1n) is 10.1. The minimum Gasteiger partial charge on any atom is -0.419 e. The van der Waals surface area contributed by atoms with Gasteiger partial charge in [-0.2, -0.15) is 4.98 Å². The van der Waals surface area contributed by atoms with Crippen LogP contribution in [0.25, 0.3) is 11.5 Å². The second-order valence-electron chi connectivity index (χ2n) is 7.76. The molecular formula is C23H26N2O3S. The molecule has 29 heavy (non-hydrogen) atoms. The first-order valence-corrected chi connectivity index (χ1v) is 11.6. The fourth-order valence-electron chi connectivity index (χ4n) is 3.77. The van der Waals surface area contributed by atoms with Gasteiger partial charge in [0.05, 0.1) is 4.90 Å². The summed E-state index contributed by atoms with van der Waals surface area (Å²) in [5, 5.41) is 3.30. The monoisotopic (exact) mass is 410 g/mol. The highest BCUT2D eigenvalue weighted by Crippen LogP contribution is 2.35. The summed E-state index contributed by atoms with van der Waals surface area (Å²) in [5.41, 5.74) is 2.78. The van der Waals surface area contributed by atoms with Crippen LogP contribution >= 0.6 is 0 Å². The molecule has 2 aromatic carbocycles. The molecular weight excluding hydrogens is 384 g/mol. The third-order valence-corrected chi connectivity index (χ3v) is 7.18. The number of nitrogens with one attached hydrogen (secondary N) is 1. The van der Waals surface area contributed by atoms with Gasteiger partial charge in [-0.3, -0.25) is 0 Å². The lowest BCUT2D eigenvalue weighted by atomic mass is 9.96. The number of nitrogens with zero attached hydrogens (tertiary/aromatic N) is 1. The van der Waals surface area contributed by atoms with Crippen molar-refractivity contribution in [3.05, 3.63) is 59.7 Å². The van der Waals surface area contributed by atoms with E-state index in [1.165, 1.54) is 6.42 Å². The van der Waals surface area contributed by atoms with Gasteiger partial charge in [-0.05, 0) is 50.5 Å². The van der Waals surface area contributed by atoms with Gasteiger partial charge in [0, 0.05) is 11.6 Å². The van der Waals surface area contributed by atoms with Gasteiger partial charge >= 0.3 is 0 Å². The number of aryl methyl sites for hydroxylation is 2. The first kappa shape index (κ1) is 19.7. The van der Waals surface area contributed by atoms with Crippen molar-refractivity contribution in [1.29, 1.82) is 0 Å². The number of benzene rings is 2. The number of aromatic nitrogens is 1. The topological polar surface area (TPSA) is 72.2 Å². The molecule has 0 spiro atoms. The number of rotatable bonds is 5. The Hall–Kier alpha value is -2.60. The minimum atomic E-state index is -3.80. The Labute approximate surface area is 172 Å². The number of hydrogen-bond acceptors (Lipinski definition) is 5. The van der Waals surface area contributed by atoms with E-state index in [4.69, 9.17) is 4.42 Å². The summed E-state index contributed by atoms with van der Waals surface area (Å²) in [6.07, 6.45) is 5.50. The molecule has 4 rings (SSSR count). The molecule has 0 saturated heterocycles. The van der Waals surface area contributed by atoms with E-state index >= 15 is 0 Å². The van der Waals surface area contributed by atoms with E-state index in [0.29, 0.717) is 5.89 Å². The second kappa shape index (κ2) is 8.03. The highest BCUT2D eigenvalue weighted by Gasteiger charge is 2.30. The molecule has 1 aliphatic carbocycles. The molecule has 5 nitrogen and oxygen atoms in total. The molecule has 0 bridgehead atoms. The Morgan fingerprint density at radius 1 is 0.966 bits per heavy atom. The van der Waals surface area contributed by atoms with Crippen LogP contribution in [0.1, 0.15) is 43.2 Å². The number of hydrogen-bond donors (Lipinski definition) is 1. The largest absolute Gasteiger partial charge is 0.419 e. The lowest BCUT2D eigenvalue weighted by molar-refractivity contribution is 0.450. The van der Waals surface area contributed by atoms with Crippen molar-refractivity contribution >= 4 is 15.7 Å². The zero-order valence-corrected chi connectivity index (χ0v) is 17.6.